The molecule has 0 saturated carbocycles. The van der Waals surface area contributed by atoms with E-state index in [-0.39, 0.29) is 5.41 Å². The molecule has 0 nitrogen and oxygen atoms in total. The lowest BCUT2D eigenvalue weighted by Crippen LogP contribution is -2.30. The van der Waals surface area contributed by atoms with Crippen molar-refractivity contribution in [2.24, 2.45) is 0 Å². The van der Waals surface area contributed by atoms with Crippen molar-refractivity contribution >= 4 is 69.2 Å². The molecule has 2 heteroatoms. The Hall–Kier alpha value is -7.20. The van der Waals surface area contributed by atoms with Gasteiger partial charge in [0.15, 0.2) is 0 Å². The summed E-state index contributed by atoms with van der Waals surface area (Å²) in [5.41, 5.74) is 12.6. The first-order valence-corrected chi connectivity index (χ1v) is 26.4. The molecule has 0 saturated heterocycles. The highest BCUT2D eigenvalue weighted by Gasteiger charge is 2.50. The Kier molecular flexibility index (Phi) is 9.80. The Morgan fingerprint density at radius 1 is 0.294 bits per heavy atom. The van der Waals surface area contributed by atoms with Gasteiger partial charge in [-0.05, 0) is 161 Å². The monoisotopic (exact) mass is 902 g/mol. The van der Waals surface area contributed by atoms with Crippen LogP contribution in [0.15, 0.2) is 255 Å². The molecule has 0 amide bonds. The van der Waals surface area contributed by atoms with Gasteiger partial charge >= 0.3 is 0 Å². The fourth-order valence-electron chi connectivity index (χ4n) is 11.8. The first kappa shape index (κ1) is 41.0. The molecule has 0 fully saturated rings. The van der Waals surface area contributed by atoms with Crippen LogP contribution in [0.25, 0.3) is 43.8 Å². The highest BCUT2D eigenvalue weighted by atomic mass is 31.1. The molecule has 0 radical (unpaired) electrons. The van der Waals surface area contributed by atoms with Crippen LogP contribution >= 0.6 is 15.8 Å². The third kappa shape index (κ3) is 6.28. The summed E-state index contributed by atoms with van der Waals surface area (Å²) in [6, 6.07) is 96.8. The number of fused-ring (bicyclic) bond motifs is 9. The van der Waals surface area contributed by atoms with Crippen molar-refractivity contribution in [2.45, 2.75) is 24.7 Å². The third-order valence-corrected chi connectivity index (χ3v) is 19.7. The average molecular weight is 903 g/mol. The minimum atomic E-state index is -0.959. The maximum atomic E-state index is 2.66. The van der Waals surface area contributed by atoms with E-state index in [4.69, 9.17) is 0 Å². The second kappa shape index (κ2) is 16.2. The van der Waals surface area contributed by atoms with Gasteiger partial charge in [-0.3, -0.25) is 0 Å². The summed E-state index contributed by atoms with van der Waals surface area (Å²) in [5.74, 6) is 0. The van der Waals surface area contributed by atoms with Gasteiger partial charge < -0.3 is 0 Å². The predicted octanol–water partition coefficient (Wildman–Crippen LogP) is 14.2. The van der Waals surface area contributed by atoms with Crippen LogP contribution in [0.1, 0.15) is 47.2 Å². The quantitative estimate of drug-likeness (QED) is 0.105. The zero-order valence-electron chi connectivity index (χ0n) is 38.1. The van der Waals surface area contributed by atoms with Gasteiger partial charge in [-0.1, -0.05) is 232 Å². The standard InChI is InChI=1S/C66H48P2/c1-65(2)59-41-53(67(49-29-13-5-14-30-49)50-31-15-6-16-32-50)37-38-54(59)55-42-61-58(43-60(55)65)64-57-40-46-24-22-21-23-45(46)39-56(57)63(68(51-33-17-7-18-34-51)52-35-19-8-20-36-52)44-62(64)66(61,47-25-9-3-10-26-47)48-27-11-4-12-28-48/h3-44H,1-2H3. The predicted molar refractivity (Wildman–Crippen MR) is 294 cm³/mol. The van der Waals surface area contributed by atoms with Crippen molar-refractivity contribution in [1.29, 1.82) is 0 Å². The lowest BCUT2D eigenvalue weighted by atomic mass is 9.67. The molecule has 2 aliphatic carbocycles. The van der Waals surface area contributed by atoms with E-state index in [1.54, 1.807) is 0 Å². The maximum absolute atomic E-state index is 2.66. The topological polar surface area (TPSA) is 0 Å². The van der Waals surface area contributed by atoms with Gasteiger partial charge in [0.2, 0.25) is 0 Å². The molecule has 0 atom stereocenters. The summed E-state index contributed by atoms with van der Waals surface area (Å²) < 4.78 is 0. The van der Waals surface area contributed by atoms with E-state index in [0.29, 0.717) is 0 Å². The Morgan fingerprint density at radius 3 is 1.24 bits per heavy atom. The lowest BCUT2D eigenvalue weighted by Gasteiger charge is -2.35. The Balaban J connectivity index is 1.13. The van der Waals surface area contributed by atoms with Gasteiger partial charge in [0.1, 0.15) is 0 Å². The molecule has 0 heterocycles. The maximum Gasteiger partial charge on any atom is 0.0714 e. The molecule has 0 unspecified atom stereocenters. The van der Waals surface area contributed by atoms with E-state index >= 15 is 0 Å². The van der Waals surface area contributed by atoms with Crippen molar-refractivity contribution in [2.75, 3.05) is 0 Å². The second-order valence-corrected chi connectivity index (χ2v) is 23.3. The molecule has 322 valence electrons. The van der Waals surface area contributed by atoms with Crippen molar-refractivity contribution in [3.05, 3.63) is 288 Å². The zero-order chi connectivity index (χ0) is 45.4. The molecule has 2 aliphatic rings. The fourth-order valence-corrected chi connectivity index (χ4v) is 16.6. The van der Waals surface area contributed by atoms with Crippen LogP contribution < -0.4 is 31.8 Å². The van der Waals surface area contributed by atoms with Crippen LogP contribution in [0, 0.1) is 0 Å². The number of rotatable bonds is 8. The Labute approximate surface area is 402 Å². The molecule has 0 spiro atoms. The number of benzene rings is 11. The fraction of sp³-hybridized carbons (Fsp3) is 0.0606. The van der Waals surface area contributed by atoms with Crippen molar-refractivity contribution < 1.29 is 0 Å². The summed E-state index contributed by atoms with van der Waals surface area (Å²) in [6.45, 7) is 4.92. The molecular weight excluding hydrogens is 855 g/mol. The van der Waals surface area contributed by atoms with E-state index in [1.165, 1.54) is 109 Å². The van der Waals surface area contributed by atoms with E-state index in [0.717, 1.165) is 0 Å². The van der Waals surface area contributed by atoms with Gasteiger partial charge in [0.25, 0.3) is 0 Å². The largest absolute Gasteiger partial charge is 0.0714 e. The Bertz CT molecular complexity index is 3560. The molecule has 13 rings (SSSR count). The minimum Gasteiger partial charge on any atom is -0.0622 e. The Morgan fingerprint density at radius 2 is 0.721 bits per heavy atom. The van der Waals surface area contributed by atoms with Crippen LogP contribution in [0.3, 0.4) is 0 Å². The molecule has 0 aromatic heterocycles. The van der Waals surface area contributed by atoms with Gasteiger partial charge in [0, 0.05) is 5.41 Å². The highest BCUT2D eigenvalue weighted by Crippen LogP contribution is 2.62. The van der Waals surface area contributed by atoms with Crippen molar-refractivity contribution in [1.82, 2.24) is 0 Å². The van der Waals surface area contributed by atoms with Gasteiger partial charge in [-0.25, -0.2) is 0 Å². The normalized spacial score (nSPS) is 13.9. The van der Waals surface area contributed by atoms with Crippen LogP contribution in [0.4, 0.5) is 0 Å². The molecule has 11 aromatic rings. The highest BCUT2D eigenvalue weighted by molar-refractivity contribution is 7.80. The van der Waals surface area contributed by atoms with Gasteiger partial charge in [-0.15, -0.1) is 0 Å². The van der Waals surface area contributed by atoms with Gasteiger partial charge in [-0.2, -0.15) is 0 Å². The average Bonchev–Trinajstić information content (AvgIpc) is 3.81. The van der Waals surface area contributed by atoms with Crippen LogP contribution in [0.5, 0.6) is 0 Å². The SMILES string of the molecule is CC1(C)c2cc(P(c3ccccc3)c3ccccc3)ccc2-c2cc3c(cc21)-c1c(cc(P(c2ccccc2)c2ccccc2)c2cc4ccccc4cc12)C3(c1ccccc1)c1ccccc1. The van der Waals surface area contributed by atoms with E-state index in [9.17, 15) is 0 Å². The zero-order valence-corrected chi connectivity index (χ0v) is 39.9. The van der Waals surface area contributed by atoms with E-state index in [1.807, 2.05) is 0 Å². The molecule has 0 bridgehead atoms. The molecular formula is C66H48P2. The summed E-state index contributed by atoms with van der Waals surface area (Å²) in [7, 11) is -1.72. The molecule has 11 aromatic carbocycles. The van der Waals surface area contributed by atoms with Crippen LogP contribution in [-0.4, -0.2) is 0 Å². The minimum absolute atomic E-state index is 0.244. The van der Waals surface area contributed by atoms with E-state index in [2.05, 4.69) is 269 Å². The smallest absolute Gasteiger partial charge is 0.0622 e. The summed E-state index contributed by atoms with van der Waals surface area (Å²) >= 11 is 0. The van der Waals surface area contributed by atoms with Crippen molar-refractivity contribution in [3.8, 4) is 22.3 Å². The first-order chi connectivity index (χ1) is 33.5. The molecule has 68 heavy (non-hydrogen) atoms. The lowest BCUT2D eigenvalue weighted by molar-refractivity contribution is 0.660. The van der Waals surface area contributed by atoms with E-state index < -0.39 is 21.3 Å². The summed E-state index contributed by atoms with van der Waals surface area (Å²) in [4.78, 5) is 0. The summed E-state index contributed by atoms with van der Waals surface area (Å²) in [5, 5.41) is 13.4. The van der Waals surface area contributed by atoms with Gasteiger partial charge in [0.05, 0.1) is 5.41 Å². The van der Waals surface area contributed by atoms with Crippen LogP contribution in [-0.2, 0) is 10.8 Å². The third-order valence-electron chi connectivity index (χ3n) is 14.8. The van der Waals surface area contributed by atoms with Crippen molar-refractivity contribution in [3.63, 3.8) is 0 Å². The second-order valence-electron chi connectivity index (χ2n) is 18.9. The number of hydrogen-bond donors (Lipinski definition) is 0. The number of hydrogen-bond acceptors (Lipinski definition) is 0. The van der Waals surface area contributed by atoms with Crippen LogP contribution in [0.2, 0.25) is 0 Å². The first-order valence-electron chi connectivity index (χ1n) is 23.8. The summed E-state index contributed by atoms with van der Waals surface area (Å²) in [6.07, 6.45) is 0. The molecule has 0 aliphatic heterocycles. The molecule has 0 N–H and O–H groups in total.